The molecule has 2 aromatic rings. The first-order valence-electron chi connectivity index (χ1n) is 6.00. The molecule has 1 amide bonds. The number of esters is 1. The van der Waals surface area contributed by atoms with Crippen LogP contribution in [0.25, 0.3) is 0 Å². The summed E-state index contributed by atoms with van der Waals surface area (Å²) in [6.45, 7) is 1.86. The van der Waals surface area contributed by atoms with Crippen LogP contribution >= 0.6 is 0 Å². The van der Waals surface area contributed by atoms with E-state index in [1.807, 2.05) is 13.0 Å². The van der Waals surface area contributed by atoms with Gasteiger partial charge < -0.3 is 10.1 Å². The lowest BCUT2D eigenvalue weighted by Crippen LogP contribution is -2.15. The van der Waals surface area contributed by atoms with Crippen LogP contribution in [0.3, 0.4) is 0 Å². The van der Waals surface area contributed by atoms with Crippen LogP contribution in [0.15, 0.2) is 30.6 Å². The fourth-order valence-electron chi connectivity index (χ4n) is 1.78. The lowest BCUT2D eigenvalue weighted by Gasteiger charge is -2.09. The molecule has 0 aliphatic carbocycles. The quantitative estimate of drug-likeness (QED) is 0.865. The molecule has 0 saturated heterocycles. The molecule has 6 heteroatoms. The summed E-state index contributed by atoms with van der Waals surface area (Å²) < 4.78 is 6.25. The van der Waals surface area contributed by atoms with Crippen molar-refractivity contribution in [1.29, 1.82) is 0 Å². The maximum absolute atomic E-state index is 12.1. The molecular weight excluding hydrogens is 258 g/mol. The Balaban J connectivity index is 2.29. The highest BCUT2D eigenvalue weighted by Gasteiger charge is 2.15. The van der Waals surface area contributed by atoms with Gasteiger partial charge in [-0.25, -0.2) is 4.79 Å². The molecule has 0 fully saturated rings. The molecule has 104 valence electrons. The first kappa shape index (κ1) is 13.8. The minimum absolute atomic E-state index is 0.324. The number of carbonyl (C=O) groups is 2. The van der Waals surface area contributed by atoms with E-state index in [4.69, 9.17) is 4.74 Å². The summed E-state index contributed by atoms with van der Waals surface area (Å²) in [6.07, 6.45) is 3.06. The standard InChI is InChI=1S/C14H15N3O3/c1-9-4-5-12(11(6-9)14(19)20-3)16-13(18)10-7-15-17(2)8-10/h4-8H,1-3H3,(H,16,18). The number of carbonyl (C=O) groups excluding carboxylic acids is 2. The van der Waals surface area contributed by atoms with E-state index in [9.17, 15) is 9.59 Å². The number of ether oxygens (including phenoxy) is 1. The molecular formula is C14H15N3O3. The van der Waals surface area contributed by atoms with Crippen molar-refractivity contribution >= 4 is 17.6 Å². The zero-order valence-corrected chi connectivity index (χ0v) is 11.5. The predicted molar refractivity (Wildman–Crippen MR) is 73.7 cm³/mol. The fourth-order valence-corrected chi connectivity index (χ4v) is 1.78. The number of hydrogen-bond donors (Lipinski definition) is 1. The average Bonchev–Trinajstić information content (AvgIpc) is 2.86. The number of hydrogen-bond acceptors (Lipinski definition) is 4. The summed E-state index contributed by atoms with van der Waals surface area (Å²) in [6, 6.07) is 5.16. The van der Waals surface area contributed by atoms with E-state index in [0.717, 1.165) is 5.56 Å². The van der Waals surface area contributed by atoms with Crippen LogP contribution in [0.5, 0.6) is 0 Å². The first-order valence-corrected chi connectivity index (χ1v) is 6.00. The molecule has 0 aliphatic heterocycles. The second-order valence-electron chi connectivity index (χ2n) is 4.40. The molecule has 1 aromatic carbocycles. The monoisotopic (exact) mass is 273 g/mol. The SMILES string of the molecule is COC(=O)c1cc(C)ccc1NC(=O)c1cnn(C)c1. The minimum atomic E-state index is -0.491. The Labute approximate surface area is 116 Å². The number of benzene rings is 1. The molecule has 20 heavy (non-hydrogen) atoms. The number of aryl methyl sites for hydroxylation is 2. The lowest BCUT2D eigenvalue weighted by molar-refractivity contribution is 0.0602. The largest absolute Gasteiger partial charge is 0.465 e. The Morgan fingerprint density at radius 2 is 2.10 bits per heavy atom. The number of amides is 1. The fraction of sp³-hybridized carbons (Fsp3) is 0.214. The van der Waals surface area contributed by atoms with Gasteiger partial charge in [-0.2, -0.15) is 5.10 Å². The predicted octanol–water partition coefficient (Wildman–Crippen LogP) is 1.77. The van der Waals surface area contributed by atoms with E-state index in [1.165, 1.54) is 18.0 Å². The van der Waals surface area contributed by atoms with Gasteiger partial charge in [0.1, 0.15) is 0 Å². The molecule has 0 bridgehead atoms. The normalized spacial score (nSPS) is 10.2. The topological polar surface area (TPSA) is 73.2 Å². The lowest BCUT2D eigenvalue weighted by atomic mass is 10.1. The van der Waals surface area contributed by atoms with Crippen LogP contribution in [-0.2, 0) is 11.8 Å². The van der Waals surface area contributed by atoms with Gasteiger partial charge in [-0.1, -0.05) is 11.6 Å². The van der Waals surface area contributed by atoms with Crippen LogP contribution in [-0.4, -0.2) is 28.8 Å². The number of aromatic nitrogens is 2. The van der Waals surface area contributed by atoms with E-state index in [1.54, 1.807) is 25.4 Å². The minimum Gasteiger partial charge on any atom is -0.465 e. The number of nitrogens with one attached hydrogen (secondary N) is 1. The van der Waals surface area contributed by atoms with E-state index in [2.05, 4.69) is 10.4 Å². The van der Waals surface area contributed by atoms with Gasteiger partial charge in [0.15, 0.2) is 0 Å². The maximum atomic E-state index is 12.1. The molecule has 1 N–H and O–H groups in total. The summed E-state index contributed by atoms with van der Waals surface area (Å²) in [5.41, 5.74) is 2.06. The van der Waals surface area contributed by atoms with Gasteiger partial charge in [0, 0.05) is 13.2 Å². The average molecular weight is 273 g/mol. The Hall–Kier alpha value is -2.63. The van der Waals surface area contributed by atoms with E-state index in [0.29, 0.717) is 16.8 Å². The number of rotatable bonds is 3. The number of nitrogens with zero attached hydrogens (tertiary/aromatic N) is 2. The Kier molecular flexibility index (Phi) is 3.84. The maximum Gasteiger partial charge on any atom is 0.339 e. The molecule has 0 atom stereocenters. The Morgan fingerprint density at radius 3 is 2.70 bits per heavy atom. The van der Waals surface area contributed by atoms with Crippen LogP contribution in [0.1, 0.15) is 26.3 Å². The highest BCUT2D eigenvalue weighted by molar-refractivity contribution is 6.07. The zero-order valence-electron chi connectivity index (χ0n) is 11.5. The molecule has 2 rings (SSSR count). The van der Waals surface area contributed by atoms with Crippen molar-refractivity contribution in [2.45, 2.75) is 6.92 Å². The molecule has 0 unspecified atom stereocenters. The van der Waals surface area contributed by atoms with Gasteiger partial charge in [0.2, 0.25) is 0 Å². The van der Waals surface area contributed by atoms with Crippen molar-refractivity contribution in [2.75, 3.05) is 12.4 Å². The summed E-state index contributed by atoms with van der Waals surface area (Å²) in [4.78, 5) is 23.8. The van der Waals surface area contributed by atoms with Crippen LogP contribution in [0, 0.1) is 6.92 Å². The van der Waals surface area contributed by atoms with Gasteiger partial charge >= 0.3 is 5.97 Å². The third-order valence-electron chi connectivity index (χ3n) is 2.80. The smallest absolute Gasteiger partial charge is 0.339 e. The van der Waals surface area contributed by atoms with Crippen molar-refractivity contribution in [3.05, 3.63) is 47.3 Å². The van der Waals surface area contributed by atoms with Crippen LogP contribution in [0.2, 0.25) is 0 Å². The summed E-state index contributed by atoms with van der Waals surface area (Å²) in [5, 5.41) is 6.62. The summed E-state index contributed by atoms with van der Waals surface area (Å²) >= 11 is 0. The van der Waals surface area contributed by atoms with Crippen LogP contribution in [0.4, 0.5) is 5.69 Å². The highest BCUT2D eigenvalue weighted by Crippen LogP contribution is 2.19. The molecule has 1 aromatic heterocycles. The molecule has 0 aliphatic rings. The van der Waals surface area contributed by atoms with Crippen LogP contribution < -0.4 is 5.32 Å². The second kappa shape index (κ2) is 5.56. The third-order valence-corrected chi connectivity index (χ3v) is 2.80. The van der Waals surface area contributed by atoms with Crippen molar-refractivity contribution in [2.24, 2.45) is 7.05 Å². The van der Waals surface area contributed by atoms with E-state index < -0.39 is 5.97 Å². The highest BCUT2D eigenvalue weighted by atomic mass is 16.5. The van der Waals surface area contributed by atoms with Gasteiger partial charge in [-0.15, -0.1) is 0 Å². The second-order valence-corrected chi connectivity index (χ2v) is 4.40. The number of methoxy groups -OCH3 is 1. The summed E-state index contributed by atoms with van der Waals surface area (Å²) in [7, 11) is 3.03. The third kappa shape index (κ3) is 2.85. The van der Waals surface area contributed by atoms with Gasteiger partial charge in [0.05, 0.1) is 30.1 Å². The van der Waals surface area contributed by atoms with Gasteiger partial charge in [0.25, 0.3) is 5.91 Å². The summed E-state index contributed by atoms with van der Waals surface area (Å²) in [5.74, 6) is -0.817. The molecule has 6 nitrogen and oxygen atoms in total. The van der Waals surface area contributed by atoms with Crippen molar-refractivity contribution in [3.63, 3.8) is 0 Å². The van der Waals surface area contributed by atoms with Crippen molar-refractivity contribution in [3.8, 4) is 0 Å². The van der Waals surface area contributed by atoms with Crippen molar-refractivity contribution < 1.29 is 14.3 Å². The Morgan fingerprint density at radius 1 is 1.35 bits per heavy atom. The van der Waals surface area contributed by atoms with Gasteiger partial charge in [-0.05, 0) is 19.1 Å². The molecule has 0 saturated carbocycles. The van der Waals surface area contributed by atoms with E-state index >= 15 is 0 Å². The first-order chi connectivity index (χ1) is 9.51. The molecule has 0 radical (unpaired) electrons. The Bertz CT molecular complexity index is 661. The van der Waals surface area contributed by atoms with Gasteiger partial charge in [-0.3, -0.25) is 9.48 Å². The zero-order chi connectivity index (χ0) is 14.7. The number of anilines is 1. The van der Waals surface area contributed by atoms with Crippen molar-refractivity contribution in [1.82, 2.24) is 9.78 Å². The molecule has 0 spiro atoms. The van der Waals surface area contributed by atoms with E-state index in [-0.39, 0.29) is 5.91 Å². The molecule has 1 heterocycles.